The molecule has 0 aromatic rings. The van der Waals surface area contributed by atoms with Crippen LogP contribution in [0.3, 0.4) is 0 Å². The van der Waals surface area contributed by atoms with Crippen molar-refractivity contribution in [1.82, 2.24) is 4.90 Å². The van der Waals surface area contributed by atoms with Crippen LogP contribution < -0.4 is 5.73 Å². The van der Waals surface area contributed by atoms with Gasteiger partial charge in [0.1, 0.15) is 0 Å². The van der Waals surface area contributed by atoms with E-state index in [-0.39, 0.29) is 11.3 Å². The van der Waals surface area contributed by atoms with Gasteiger partial charge in [-0.15, -0.1) is 0 Å². The Hall–Kier alpha value is -0.610. The van der Waals surface area contributed by atoms with E-state index < -0.39 is 0 Å². The Labute approximate surface area is 116 Å². The Morgan fingerprint density at radius 3 is 2.68 bits per heavy atom. The molecule has 2 fully saturated rings. The van der Waals surface area contributed by atoms with Crippen LogP contribution in [0.2, 0.25) is 0 Å². The molecule has 19 heavy (non-hydrogen) atoms. The fourth-order valence-electron chi connectivity index (χ4n) is 3.43. The van der Waals surface area contributed by atoms with Crippen molar-refractivity contribution >= 4 is 5.91 Å². The normalized spacial score (nSPS) is 26.3. The Morgan fingerprint density at radius 1 is 1.37 bits per heavy atom. The Balaban J connectivity index is 1.83. The summed E-state index contributed by atoms with van der Waals surface area (Å²) >= 11 is 0. The summed E-state index contributed by atoms with van der Waals surface area (Å²) in [7, 11) is 1.92. The lowest BCUT2D eigenvalue weighted by molar-refractivity contribution is -0.133. The lowest BCUT2D eigenvalue weighted by Crippen LogP contribution is -2.40. The van der Waals surface area contributed by atoms with Crippen LogP contribution in [-0.4, -0.2) is 44.2 Å². The number of nitrogens with two attached hydrogens (primary N) is 1. The first kappa shape index (κ1) is 14.8. The monoisotopic (exact) mass is 268 g/mol. The van der Waals surface area contributed by atoms with Crippen molar-refractivity contribution in [2.75, 3.05) is 33.4 Å². The highest BCUT2D eigenvalue weighted by Crippen LogP contribution is 2.38. The lowest BCUT2D eigenvalue weighted by atomic mass is 9.71. The van der Waals surface area contributed by atoms with Gasteiger partial charge in [0.25, 0.3) is 0 Å². The summed E-state index contributed by atoms with van der Waals surface area (Å²) in [6.07, 6.45) is 7.71. The van der Waals surface area contributed by atoms with Crippen LogP contribution in [-0.2, 0) is 9.53 Å². The predicted octanol–water partition coefficient (Wildman–Crippen LogP) is 1.78. The van der Waals surface area contributed by atoms with E-state index in [9.17, 15) is 4.79 Å². The largest absolute Gasteiger partial charge is 0.381 e. The molecular weight excluding hydrogens is 240 g/mol. The maximum Gasteiger partial charge on any atom is 0.222 e. The van der Waals surface area contributed by atoms with Crippen molar-refractivity contribution in [2.45, 2.75) is 44.9 Å². The van der Waals surface area contributed by atoms with E-state index >= 15 is 0 Å². The molecule has 4 nitrogen and oxygen atoms in total. The van der Waals surface area contributed by atoms with E-state index in [1.807, 2.05) is 11.9 Å². The molecule has 0 bridgehead atoms. The second-order valence-electron chi connectivity index (χ2n) is 6.45. The van der Waals surface area contributed by atoms with Crippen LogP contribution >= 0.6 is 0 Å². The van der Waals surface area contributed by atoms with Gasteiger partial charge in [-0.2, -0.15) is 0 Å². The first-order chi connectivity index (χ1) is 9.15. The van der Waals surface area contributed by atoms with E-state index in [1.165, 1.54) is 19.3 Å². The number of hydrogen-bond acceptors (Lipinski definition) is 3. The minimum atomic E-state index is 0.0791. The molecule has 1 unspecified atom stereocenters. The maximum atomic E-state index is 12.4. The molecule has 1 amide bonds. The zero-order valence-electron chi connectivity index (χ0n) is 12.2. The lowest BCUT2D eigenvalue weighted by Gasteiger charge is -2.37. The maximum absolute atomic E-state index is 12.4. The van der Waals surface area contributed by atoms with Crippen molar-refractivity contribution in [3.8, 4) is 0 Å². The third-order valence-electron chi connectivity index (χ3n) is 4.86. The zero-order valence-corrected chi connectivity index (χ0v) is 12.2. The van der Waals surface area contributed by atoms with Gasteiger partial charge in [0.2, 0.25) is 5.91 Å². The predicted molar refractivity (Wildman–Crippen MR) is 75.8 cm³/mol. The van der Waals surface area contributed by atoms with Gasteiger partial charge in [0, 0.05) is 32.5 Å². The minimum absolute atomic E-state index is 0.0791. The van der Waals surface area contributed by atoms with Crippen LogP contribution in [0.5, 0.6) is 0 Å². The molecular formula is C15H28N2O2. The van der Waals surface area contributed by atoms with E-state index in [0.717, 1.165) is 39.0 Å². The van der Waals surface area contributed by atoms with Crippen LogP contribution in [0.1, 0.15) is 44.9 Å². The topological polar surface area (TPSA) is 55.6 Å². The summed E-state index contributed by atoms with van der Waals surface area (Å²) in [6.45, 7) is 3.14. The summed E-state index contributed by atoms with van der Waals surface area (Å²) in [6, 6.07) is 0. The fraction of sp³-hybridized carbons (Fsp3) is 0.933. The van der Waals surface area contributed by atoms with Crippen molar-refractivity contribution in [1.29, 1.82) is 0 Å². The van der Waals surface area contributed by atoms with Gasteiger partial charge in [-0.3, -0.25) is 4.79 Å². The quantitative estimate of drug-likeness (QED) is 0.827. The molecule has 1 atom stereocenters. The Morgan fingerprint density at radius 2 is 2.11 bits per heavy atom. The molecule has 2 N–H and O–H groups in total. The molecule has 110 valence electrons. The molecule has 0 spiro atoms. The van der Waals surface area contributed by atoms with Gasteiger partial charge in [0.05, 0.1) is 6.61 Å². The van der Waals surface area contributed by atoms with Crippen LogP contribution in [0, 0.1) is 11.3 Å². The van der Waals surface area contributed by atoms with E-state index in [1.54, 1.807) is 0 Å². The number of hydrogen-bond donors (Lipinski definition) is 1. The number of amides is 1. The van der Waals surface area contributed by atoms with Gasteiger partial charge in [-0.05, 0) is 31.2 Å². The molecule has 4 heteroatoms. The average Bonchev–Trinajstić information content (AvgIpc) is 2.92. The van der Waals surface area contributed by atoms with E-state index in [4.69, 9.17) is 10.5 Å². The molecule has 1 saturated carbocycles. The molecule has 0 aromatic carbocycles. The number of rotatable bonds is 5. The molecule has 1 aliphatic carbocycles. The van der Waals surface area contributed by atoms with Crippen molar-refractivity contribution in [3.63, 3.8) is 0 Å². The van der Waals surface area contributed by atoms with Crippen LogP contribution in [0.4, 0.5) is 0 Å². The molecule has 0 aromatic heterocycles. The highest BCUT2D eigenvalue weighted by Gasteiger charge is 2.34. The van der Waals surface area contributed by atoms with Gasteiger partial charge in [0.15, 0.2) is 0 Å². The van der Waals surface area contributed by atoms with Crippen molar-refractivity contribution in [3.05, 3.63) is 0 Å². The van der Waals surface area contributed by atoms with Crippen molar-refractivity contribution < 1.29 is 9.53 Å². The Kier molecular flexibility index (Phi) is 5.22. The average molecular weight is 268 g/mol. The number of nitrogens with zero attached hydrogens (tertiary/aromatic N) is 1. The number of ether oxygens (including phenoxy) is 1. The molecule has 1 saturated heterocycles. The minimum Gasteiger partial charge on any atom is -0.381 e. The first-order valence-corrected chi connectivity index (χ1v) is 7.67. The van der Waals surface area contributed by atoms with Gasteiger partial charge < -0.3 is 15.4 Å². The number of carbonyl (C=O) groups is 1. The first-order valence-electron chi connectivity index (χ1n) is 7.67. The highest BCUT2D eigenvalue weighted by atomic mass is 16.5. The Bertz CT molecular complexity index is 295. The standard InChI is InChI=1S/C15H28N2O2/c1-17(10-13-5-8-19-11-13)14(18)9-15(12-16)6-3-2-4-7-15/h13H,2-12,16H2,1H3. The molecule has 2 rings (SSSR count). The third kappa shape index (κ3) is 3.93. The second kappa shape index (κ2) is 6.71. The summed E-state index contributed by atoms with van der Waals surface area (Å²) < 4.78 is 5.37. The van der Waals surface area contributed by atoms with Gasteiger partial charge >= 0.3 is 0 Å². The smallest absolute Gasteiger partial charge is 0.222 e. The van der Waals surface area contributed by atoms with Gasteiger partial charge in [-0.25, -0.2) is 0 Å². The molecule has 2 aliphatic rings. The van der Waals surface area contributed by atoms with E-state index in [0.29, 0.717) is 18.9 Å². The van der Waals surface area contributed by atoms with Crippen LogP contribution in [0.15, 0.2) is 0 Å². The molecule has 1 heterocycles. The summed E-state index contributed by atoms with van der Waals surface area (Å²) in [5.74, 6) is 0.786. The summed E-state index contributed by atoms with van der Waals surface area (Å²) in [5.41, 5.74) is 6.04. The van der Waals surface area contributed by atoms with Crippen LogP contribution in [0.25, 0.3) is 0 Å². The van der Waals surface area contributed by atoms with E-state index in [2.05, 4.69) is 0 Å². The van der Waals surface area contributed by atoms with Gasteiger partial charge in [-0.1, -0.05) is 19.3 Å². The second-order valence-corrected chi connectivity index (χ2v) is 6.45. The fourth-order valence-corrected chi connectivity index (χ4v) is 3.43. The third-order valence-corrected chi connectivity index (χ3v) is 4.86. The summed E-state index contributed by atoms with van der Waals surface area (Å²) in [4.78, 5) is 14.3. The highest BCUT2D eigenvalue weighted by molar-refractivity contribution is 5.76. The zero-order chi connectivity index (χ0) is 13.7. The van der Waals surface area contributed by atoms with Crippen molar-refractivity contribution in [2.24, 2.45) is 17.1 Å². The number of carbonyl (C=O) groups excluding carboxylic acids is 1. The SMILES string of the molecule is CN(CC1CCOC1)C(=O)CC1(CN)CCCCC1. The summed E-state index contributed by atoms with van der Waals surface area (Å²) in [5, 5.41) is 0. The molecule has 0 radical (unpaired) electrons. The molecule has 1 aliphatic heterocycles.